The van der Waals surface area contributed by atoms with Crippen LogP contribution >= 0.6 is 22.9 Å². The van der Waals surface area contributed by atoms with Gasteiger partial charge >= 0.3 is 0 Å². The van der Waals surface area contributed by atoms with E-state index in [1.807, 2.05) is 11.4 Å². The van der Waals surface area contributed by atoms with Gasteiger partial charge in [0.25, 0.3) is 11.8 Å². The number of hydrogen-bond donors (Lipinski definition) is 2. The van der Waals surface area contributed by atoms with Crippen LogP contribution in [0, 0.1) is 5.82 Å². The zero-order valence-electron chi connectivity index (χ0n) is 14.9. The van der Waals surface area contributed by atoms with Crippen LogP contribution in [0.4, 0.5) is 4.39 Å². The van der Waals surface area contributed by atoms with Crippen molar-refractivity contribution in [2.24, 2.45) is 5.10 Å². The number of nitrogens with one attached hydrogen (secondary N) is 2. The molecule has 2 N–H and O–H groups in total. The van der Waals surface area contributed by atoms with Gasteiger partial charge in [0.1, 0.15) is 11.5 Å². The number of rotatable bonds is 6. The Hall–Kier alpha value is -3.29. The van der Waals surface area contributed by atoms with Gasteiger partial charge in [-0.2, -0.15) is 5.10 Å². The second-order valence-corrected chi connectivity index (χ2v) is 7.11. The molecule has 2 aromatic carbocycles. The van der Waals surface area contributed by atoms with Gasteiger partial charge in [-0.3, -0.25) is 9.59 Å². The van der Waals surface area contributed by atoms with E-state index in [2.05, 4.69) is 15.8 Å². The Balaban J connectivity index is 1.78. The molecule has 0 saturated carbocycles. The van der Waals surface area contributed by atoms with E-state index in [0.29, 0.717) is 5.56 Å². The number of thiophene rings is 1. The topological polar surface area (TPSA) is 70.6 Å². The van der Waals surface area contributed by atoms with Crippen molar-refractivity contribution in [1.29, 1.82) is 0 Å². The molecule has 0 atom stereocenters. The smallest absolute Gasteiger partial charge is 0.287 e. The fourth-order valence-electron chi connectivity index (χ4n) is 2.31. The molecular formula is C21H15ClFN3O2S. The number of carbonyl (C=O) groups excluding carboxylic acids is 2. The third kappa shape index (κ3) is 5.60. The van der Waals surface area contributed by atoms with Crippen molar-refractivity contribution >= 4 is 47.0 Å². The highest BCUT2D eigenvalue weighted by molar-refractivity contribution is 7.10. The molecule has 146 valence electrons. The van der Waals surface area contributed by atoms with Crippen LogP contribution in [0.1, 0.15) is 20.8 Å². The largest absolute Gasteiger partial charge is 0.317 e. The molecular weight excluding hydrogens is 413 g/mol. The van der Waals surface area contributed by atoms with Crippen LogP contribution < -0.4 is 10.7 Å². The molecule has 1 heterocycles. The quantitative estimate of drug-likeness (QED) is 0.346. The molecule has 3 aromatic rings. The van der Waals surface area contributed by atoms with Gasteiger partial charge in [-0.15, -0.1) is 11.3 Å². The van der Waals surface area contributed by atoms with E-state index in [0.717, 1.165) is 11.1 Å². The van der Waals surface area contributed by atoms with Crippen molar-refractivity contribution in [2.45, 2.75) is 0 Å². The molecule has 0 radical (unpaired) electrons. The lowest BCUT2D eigenvalue weighted by molar-refractivity contribution is -0.117. The number of hydrogen-bond acceptors (Lipinski definition) is 4. The first-order valence-corrected chi connectivity index (χ1v) is 9.69. The molecule has 8 heteroatoms. The summed E-state index contributed by atoms with van der Waals surface area (Å²) in [4.78, 5) is 25.8. The summed E-state index contributed by atoms with van der Waals surface area (Å²) in [5, 5.41) is 8.35. The summed E-state index contributed by atoms with van der Waals surface area (Å²) in [5.74, 6) is -1.67. The zero-order valence-corrected chi connectivity index (χ0v) is 16.5. The van der Waals surface area contributed by atoms with Gasteiger partial charge in [0.05, 0.1) is 11.2 Å². The van der Waals surface area contributed by atoms with Crippen molar-refractivity contribution in [2.75, 3.05) is 0 Å². The lowest BCUT2D eigenvalue weighted by Gasteiger charge is -2.08. The number of hydrazone groups is 1. The monoisotopic (exact) mass is 427 g/mol. The van der Waals surface area contributed by atoms with Gasteiger partial charge < -0.3 is 5.32 Å². The molecule has 0 aliphatic heterocycles. The average Bonchev–Trinajstić information content (AvgIpc) is 3.23. The summed E-state index contributed by atoms with van der Waals surface area (Å²) in [7, 11) is 0. The number of amides is 2. The molecule has 0 spiro atoms. The Morgan fingerprint density at radius 3 is 2.52 bits per heavy atom. The van der Waals surface area contributed by atoms with Crippen molar-refractivity contribution in [3.05, 3.63) is 98.6 Å². The molecule has 0 bridgehead atoms. The summed E-state index contributed by atoms with van der Waals surface area (Å²) in [6.45, 7) is 0. The SMILES string of the molecule is O=C(N/N=C/c1c(F)cccc1Cl)/C(=C\c1cccs1)NC(=O)c1ccccc1. The zero-order chi connectivity index (χ0) is 20.6. The normalized spacial score (nSPS) is 11.4. The van der Waals surface area contributed by atoms with Crippen LogP contribution in [0.3, 0.4) is 0 Å². The predicted molar refractivity (Wildman–Crippen MR) is 113 cm³/mol. The van der Waals surface area contributed by atoms with E-state index in [1.54, 1.807) is 36.4 Å². The van der Waals surface area contributed by atoms with E-state index in [4.69, 9.17) is 11.6 Å². The third-order valence-corrected chi connectivity index (χ3v) is 4.87. The van der Waals surface area contributed by atoms with E-state index in [-0.39, 0.29) is 16.3 Å². The van der Waals surface area contributed by atoms with Crippen LogP contribution in [0.2, 0.25) is 5.02 Å². The van der Waals surface area contributed by atoms with Gasteiger partial charge in [0, 0.05) is 16.0 Å². The van der Waals surface area contributed by atoms with Crippen molar-refractivity contribution < 1.29 is 14.0 Å². The van der Waals surface area contributed by atoms with Crippen molar-refractivity contribution in [1.82, 2.24) is 10.7 Å². The maximum Gasteiger partial charge on any atom is 0.287 e. The third-order valence-electron chi connectivity index (χ3n) is 3.72. The maximum atomic E-state index is 13.8. The molecule has 0 saturated heterocycles. The molecule has 0 unspecified atom stereocenters. The number of nitrogens with zero attached hydrogens (tertiary/aromatic N) is 1. The highest BCUT2D eigenvalue weighted by Crippen LogP contribution is 2.16. The molecule has 3 rings (SSSR count). The van der Waals surface area contributed by atoms with Crippen molar-refractivity contribution in [3.8, 4) is 0 Å². The molecule has 0 fully saturated rings. The van der Waals surface area contributed by atoms with E-state index < -0.39 is 17.6 Å². The first kappa shape index (κ1) is 20.4. The molecule has 29 heavy (non-hydrogen) atoms. The van der Waals surface area contributed by atoms with Gasteiger partial charge in [0.2, 0.25) is 0 Å². The maximum absolute atomic E-state index is 13.8. The van der Waals surface area contributed by atoms with Crippen LogP contribution in [-0.4, -0.2) is 18.0 Å². The Morgan fingerprint density at radius 1 is 1.03 bits per heavy atom. The highest BCUT2D eigenvalue weighted by atomic mass is 35.5. The minimum Gasteiger partial charge on any atom is -0.317 e. The predicted octanol–water partition coefficient (Wildman–Crippen LogP) is 4.46. The Bertz CT molecular complexity index is 1050. The highest BCUT2D eigenvalue weighted by Gasteiger charge is 2.14. The summed E-state index contributed by atoms with van der Waals surface area (Å²) < 4.78 is 13.8. The van der Waals surface area contributed by atoms with Crippen LogP contribution in [0.15, 0.2) is 76.8 Å². The van der Waals surface area contributed by atoms with Gasteiger partial charge in [-0.1, -0.05) is 41.9 Å². The summed E-state index contributed by atoms with van der Waals surface area (Å²) in [6.07, 6.45) is 2.64. The standard InChI is InChI=1S/C21H15ClFN3O2S/c22-17-9-4-10-18(23)16(17)13-24-26-21(28)19(12-15-8-5-11-29-15)25-20(27)14-6-2-1-3-7-14/h1-13H,(H,25,27)(H,26,28)/b19-12+,24-13+. The van der Waals surface area contributed by atoms with Crippen LogP contribution in [-0.2, 0) is 4.79 Å². The van der Waals surface area contributed by atoms with E-state index in [1.165, 1.54) is 35.6 Å². The fraction of sp³-hybridized carbons (Fsp3) is 0. The minimum absolute atomic E-state index is 0.00177. The van der Waals surface area contributed by atoms with E-state index >= 15 is 0 Å². The first-order valence-electron chi connectivity index (χ1n) is 8.43. The average molecular weight is 428 g/mol. The summed E-state index contributed by atoms with van der Waals surface area (Å²) in [5.41, 5.74) is 2.73. The van der Waals surface area contributed by atoms with E-state index in [9.17, 15) is 14.0 Å². The second-order valence-electron chi connectivity index (χ2n) is 5.73. The molecule has 1 aromatic heterocycles. The molecule has 0 aliphatic carbocycles. The molecule has 2 amide bonds. The minimum atomic E-state index is -0.661. The summed E-state index contributed by atoms with van der Waals surface area (Å²) >= 11 is 7.33. The van der Waals surface area contributed by atoms with Gasteiger partial charge in [-0.25, -0.2) is 9.82 Å². The lowest BCUT2D eigenvalue weighted by Crippen LogP contribution is -2.32. The van der Waals surface area contributed by atoms with Gasteiger partial charge in [0.15, 0.2) is 0 Å². The Kier molecular flexibility index (Phi) is 6.89. The second kappa shape index (κ2) is 9.77. The Morgan fingerprint density at radius 2 is 1.83 bits per heavy atom. The van der Waals surface area contributed by atoms with Gasteiger partial charge in [-0.05, 0) is 41.8 Å². The fourth-order valence-corrected chi connectivity index (χ4v) is 3.18. The number of benzene rings is 2. The number of halogens is 2. The number of carbonyl (C=O) groups is 2. The van der Waals surface area contributed by atoms with Crippen LogP contribution in [0.5, 0.6) is 0 Å². The van der Waals surface area contributed by atoms with Crippen LogP contribution in [0.25, 0.3) is 6.08 Å². The lowest BCUT2D eigenvalue weighted by atomic mass is 10.2. The molecule has 0 aliphatic rings. The summed E-state index contributed by atoms with van der Waals surface area (Å²) in [6, 6.07) is 16.3. The van der Waals surface area contributed by atoms with Crippen molar-refractivity contribution in [3.63, 3.8) is 0 Å². The molecule has 5 nitrogen and oxygen atoms in total. The Labute approximate surface area is 175 Å². The first-order chi connectivity index (χ1) is 14.0.